The molecule has 0 spiro atoms. The molecule has 1 N–H and O–H groups in total. The molecule has 1 aromatic carbocycles. The van der Waals surface area contributed by atoms with Crippen LogP contribution in [0, 0.1) is 0 Å². The van der Waals surface area contributed by atoms with Gasteiger partial charge in [0.25, 0.3) is 0 Å². The lowest BCUT2D eigenvalue weighted by Gasteiger charge is -2.06. The molecule has 0 aliphatic rings. The maximum absolute atomic E-state index is 5.31. The van der Waals surface area contributed by atoms with E-state index in [0.717, 1.165) is 25.3 Å². The van der Waals surface area contributed by atoms with Crippen LogP contribution in [0.5, 0.6) is 5.75 Å². The number of hydrogen-bond donors (Lipinski definition) is 1. The van der Waals surface area contributed by atoms with Crippen LogP contribution in [0.15, 0.2) is 24.3 Å². The van der Waals surface area contributed by atoms with Crippen LogP contribution in [0.3, 0.4) is 0 Å². The smallest absolute Gasteiger partial charge is 0.118 e. The van der Waals surface area contributed by atoms with Gasteiger partial charge in [-0.2, -0.15) is 5.48 Å². The van der Waals surface area contributed by atoms with Gasteiger partial charge in [-0.1, -0.05) is 31.9 Å². The third-order valence-corrected chi connectivity index (χ3v) is 2.39. The van der Waals surface area contributed by atoms with Crippen LogP contribution in [0.4, 0.5) is 0 Å². The van der Waals surface area contributed by atoms with Crippen LogP contribution in [0.1, 0.15) is 31.7 Å². The number of ether oxygens (including phenoxy) is 1. The molecule has 0 amide bonds. The van der Waals surface area contributed by atoms with Gasteiger partial charge in [0, 0.05) is 6.54 Å². The van der Waals surface area contributed by atoms with Gasteiger partial charge in [-0.05, 0) is 24.1 Å². The number of unbranched alkanes of at least 4 members (excludes halogenated alkanes) is 2. The predicted octanol–water partition coefficient (Wildman–Crippen LogP) is 3.33. The highest BCUT2D eigenvalue weighted by atomic mass is 35.5. The van der Waals surface area contributed by atoms with Crippen molar-refractivity contribution >= 4 is 12.4 Å². The van der Waals surface area contributed by atoms with Gasteiger partial charge in [0.2, 0.25) is 0 Å². The molecule has 0 bridgehead atoms. The van der Waals surface area contributed by atoms with Gasteiger partial charge >= 0.3 is 0 Å². The highest BCUT2D eigenvalue weighted by Gasteiger charge is 1.94. The summed E-state index contributed by atoms with van der Waals surface area (Å²) in [6, 6.07) is 7.96. The lowest BCUT2D eigenvalue weighted by molar-refractivity contribution is 0.0342. The minimum atomic E-state index is 0. The topological polar surface area (TPSA) is 30.5 Å². The maximum Gasteiger partial charge on any atom is 0.118 e. The Labute approximate surface area is 110 Å². The van der Waals surface area contributed by atoms with E-state index in [-0.39, 0.29) is 12.4 Å². The van der Waals surface area contributed by atoms with Gasteiger partial charge in [-0.3, -0.25) is 0 Å². The normalized spacial score (nSPS) is 9.76. The first-order chi connectivity index (χ1) is 7.86. The summed E-state index contributed by atoms with van der Waals surface area (Å²) in [5, 5.41) is 0. The number of rotatable bonds is 8. The molecule has 1 aromatic rings. The first kappa shape index (κ1) is 16.2. The summed E-state index contributed by atoms with van der Waals surface area (Å²) in [5.41, 5.74) is 4.15. The molecule has 0 unspecified atom stereocenters. The van der Waals surface area contributed by atoms with E-state index in [1.54, 1.807) is 7.11 Å². The molecule has 0 saturated heterocycles. The van der Waals surface area contributed by atoms with Crippen molar-refractivity contribution in [1.29, 1.82) is 0 Å². The van der Waals surface area contributed by atoms with E-state index in [0.29, 0.717) is 0 Å². The molecule has 0 saturated carbocycles. The van der Waals surface area contributed by atoms with Crippen LogP contribution in [0.2, 0.25) is 0 Å². The summed E-state index contributed by atoms with van der Waals surface area (Å²) in [4.78, 5) is 5.31. The highest BCUT2D eigenvalue weighted by molar-refractivity contribution is 5.85. The minimum Gasteiger partial charge on any atom is -0.497 e. The monoisotopic (exact) mass is 259 g/mol. The van der Waals surface area contributed by atoms with Gasteiger partial charge in [-0.15, -0.1) is 12.4 Å². The van der Waals surface area contributed by atoms with Crippen molar-refractivity contribution in [2.75, 3.05) is 13.7 Å². The van der Waals surface area contributed by atoms with Gasteiger partial charge in [-0.25, -0.2) is 0 Å². The fourth-order valence-electron chi connectivity index (χ4n) is 1.37. The van der Waals surface area contributed by atoms with Crippen LogP contribution in [0.25, 0.3) is 0 Å². The Kier molecular flexibility index (Phi) is 9.92. The fraction of sp³-hybridized carbons (Fsp3) is 0.538. The second-order valence-corrected chi connectivity index (χ2v) is 3.72. The summed E-state index contributed by atoms with van der Waals surface area (Å²) in [6.07, 6.45) is 3.57. The van der Waals surface area contributed by atoms with Gasteiger partial charge < -0.3 is 9.57 Å². The molecule has 98 valence electrons. The first-order valence-electron chi connectivity index (χ1n) is 5.84. The maximum atomic E-state index is 5.31. The summed E-state index contributed by atoms with van der Waals surface area (Å²) < 4.78 is 5.09. The minimum absolute atomic E-state index is 0. The summed E-state index contributed by atoms with van der Waals surface area (Å²) in [6.45, 7) is 3.70. The summed E-state index contributed by atoms with van der Waals surface area (Å²) in [5.74, 6) is 0.882. The number of nitrogens with one attached hydrogen (secondary N) is 1. The molecule has 0 atom stereocenters. The molecule has 3 nitrogen and oxygen atoms in total. The Morgan fingerprint density at radius 2 is 1.82 bits per heavy atom. The van der Waals surface area contributed by atoms with Crippen molar-refractivity contribution in [3.8, 4) is 5.75 Å². The molecular weight excluding hydrogens is 238 g/mol. The van der Waals surface area contributed by atoms with Crippen LogP contribution < -0.4 is 10.2 Å². The molecule has 0 aromatic heterocycles. The zero-order valence-electron chi connectivity index (χ0n) is 10.6. The van der Waals surface area contributed by atoms with E-state index in [1.165, 1.54) is 18.4 Å². The number of hydrogen-bond acceptors (Lipinski definition) is 3. The van der Waals surface area contributed by atoms with Gasteiger partial charge in [0.05, 0.1) is 13.7 Å². The van der Waals surface area contributed by atoms with E-state index in [4.69, 9.17) is 9.57 Å². The quantitative estimate of drug-likeness (QED) is 0.574. The van der Waals surface area contributed by atoms with E-state index < -0.39 is 0 Å². The zero-order chi connectivity index (χ0) is 11.6. The lowest BCUT2D eigenvalue weighted by atomic mass is 10.2. The second-order valence-electron chi connectivity index (χ2n) is 3.72. The Morgan fingerprint density at radius 1 is 1.12 bits per heavy atom. The summed E-state index contributed by atoms with van der Waals surface area (Å²) >= 11 is 0. The van der Waals surface area contributed by atoms with Gasteiger partial charge in [0.1, 0.15) is 5.75 Å². The number of methoxy groups -OCH3 is 1. The van der Waals surface area contributed by atoms with Crippen molar-refractivity contribution in [3.05, 3.63) is 29.8 Å². The van der Waals surface area contributed by atoms with E-state index in [1.807, 2.05) is 24.3 Å². The Balaban J connectivity index is 0.00000256. The standard InChI is InChI=1S/C13H21NO2.ClH/c1-3-4-5-10-16-14-11-12-6-8-13(15-2)9-7-12;/h6-9,14H,3-5,10-11H2,1-2H3;1H. The molecule has 1 rings (SSSR count). The van der Waals surface area contributed by atoms with Crippen molar-refractivity contribution in [1.82, 2.24) is 5.48 Å². The van der Waals surface area contributed by atoms with Crippen LogP contribution in [-0.2, 0) is 11.4 Å². The molecule has 0 aliphatic heterocycles. The van der Waals surface area contributed by atoms with Crippen molar-refractivity contribution in [2.24, 2.45) is 0 Å². The lowest BCUT2D eigenvalue weighted by Crippen LogP contribution is -2.14. The highest BCUT2D eigenvalue weighted by Crippen LogP contribution is 2.10. The Bertz CT molecular complexity index is 277. The second kappa shape index (κ2) is 10.4. The first-order valence-corrected chi connectivity index (χ1v) is 5.84. The van der Waals surface area contributed by atoms with Crippen LogP contribution in [-0.4, -0.2) is 13.7 Å². The molecule has 0 aliphatic carbocycles. The Morgan fingerprint density at radius 3 is 2.41 bits per heavy atom. The molecule has 0 fully saturated rings. The molecule has 17 heavy (non-hydrogen) atoms. The molecule has 0 heterocycles. The molecular formula is C13H22ClNO2. The van der Waals surface area contributed by atoms with Crippen molar-refractivity contribution in [3.63, 3.8) is 0 Å². The number of benzene rings is 1. The van der Waals surface area contributed by atoms with E-state index in [2.05, 4.69) is 12.4 Å². The fourth-order valence-corrected chi connectivity index (χ4v) is 1.37. The van der Waals surface area contributed by atoms with E-state index in [9.17, 15) is 0 Å². The zero-order valence-corrected chi connectivity index (χ0v) is 11.4. The number of hydroxylamine groups is 1. The molecule has 4 heteroatoms. The average Bonchev–Trinajstić information content (AvgIpc) is 2.34. The average molecular weight is 260 g/mol. The largest absolute Gasteiger partial charge is 0.497 e. The van der Waals surface area contributed by atoms with Gasteiger partial charge in [0.15, 0.2) is 0 Å². The SMILES string of the molecule is CCCCCONCc1ccc(OC)cc1.Cl. The predicted molar refractivity (Wildman–Crippen MR) is 72.6 cm³/mol. The third kappa shape index (κ3) is 7.21. The van der Waals surface area contributed by atoms with Crippen molar-refractivity contribution in [2.45, 2.75) is 32.7 Å². The van der Waals surface area contributed by atoms with Crippen LogP contribution >= 0.6 is 12.4 Å². The third-order valence-electron chi connectivity index (χ3n) is 2.39. The Hall–Kier alpha value is -0.770. The molecule has 0 radical (unpaired) electrons. The summed E-state index contributed by atoms with van der Waals surface area (Å²) in [7, 11) is 1.67. The van der Waals surface area contributed by atoms with E-state index >= 15 is 0 Å². The van der Waals surface area contributed by atoms with Crippen molar-refractivity contribution < 1.29 is 9.57 Å². The number of halogens is 1.